The molecule has 0 aliphatic rings. The van der Waals surface area contributed by atoms with Gasteiger partial charge in [-0.3, -0.25) is 9.52 Å². The van der Waals surface area contributed by atoms with Gasteiger partial charge in [-0.25, -0.2) is 8.42 Å². The lowest BCUT2D eigenvalue weighted by molar-refractivity contribution is -0.297. The van der Waals surface area contributed by atoms with Crippen LogP contribution in [0.4, 0.5) is 11.4 Å². The van der Waals surface area contributed by atoms with Crippen molar-refractivity contribution in [1.29, 1.82) is 0 Å². The van der Waals surface area contributed by atoms with Gasteiger partial charge in [-0.2, -0.15) is 0 Å². The molecule has 0 saturated carbocycles. The molecule has 1 amide bonds. The Kier molecular flexibility index (Phi) is 5.56. The largest absolute Gasteiger partial charge is 0.545 e. The van der Waals surface area contributed by atoms with Crippen LogP contribution in [0.15, 0.2) is 65.6 Å². The van der Waals surface area contributed by atoms with Crippen molar-refractivity contribution in [3.8, 4) is 0 Å². The number of rotatable bonds is 6. The molecular formula is C17H15N2O5S-. The molecule has 2 aromatic rings. The summed E-state index contributed by atoms with van der Waals surface area (Å²) in [7, 11) is -3.70. The van der Waals surface area contributed by atoms with E-state index in [0.29, 0.717) is 17.5 Å². The standard InChI is InChI=1S/C17H16N2O5S/c1-12-2-8-15(9-3-12)25(23,24)19-14-6-4-13(5-7-14)18-16(20)10-11-17(21)22/h2-11,19H,1H3,(H,18,20)(H,21,22)/p-1. The van der Waals surface area contributed by atoms with Gasteiger partial charge in [0.2, 0.25) is 5.91 Å². The summed E-state index contributed by atoms with van der Waals surface area (Å²) in [5.41, 5.74) is 1.65. The Morgan fingerprint density at radius 1 is 0.920 bits per heavy atom. The van der Waals surface area contributed by atoms with E-state index in [-0.39, 0.29) is 4.90 Å². The Labute approximate surface area is 145 Å². The van der Waals surface area contributed by atoms with Crippen molar-refractivity contribution >= 4 is 33.3 Å². The highest BCUT2D eigenvalue weighted by Gasteiger charge is 2.13. The van der Waals surface area contributed by atoms with E-state index in [9.17, 15) is 23.1 Å². The summed E-state index contributed by atoms with van der Waals surface area (Å²) < 4.78 is 27.0. The number of carboxylic acids is 1. The zero-order valence-corrected chi connectivity index (χ0v) is 14.0. The van der Waals surface area contributed by atoms with Crippen molar-refractivity contribution in [2.24, 2.45) is 0 Å². The molecule has 0 fully saturated rings. The predicted molar refractivity (Wildman–Crippen MR) is 91.2 cm³/mol. The topological polar surface area (TPSA) is 115 Å². The molecular weight excluding hydrogens is 344 g/mol. The first-order valence-corrected chi connectivity index (χ1v) is 8.64. The van der Waals surface area contributed by atoms with Gasteiger partial charge < -0.3 is 15.2 Å². The fourth-order valence-corrected chi connectivity index (χ4v) is 2.94. The molecule has 0 radical (unpaired) electrons. The van der Waals surface area contributed by atoms with Crippen molar-refractivity contribution in [3.63, 3.8) is 0 Å². The molecule has 25 heavy (non-hydrogen) atoms. The van der Waals surface area contributed by atoms with Crippen molar-refractivity contribution in [1.82, 2.24) is 0 Å². The molecule has 2 rings (SSSR count). The average Bonchev–Trinajstić information content (AvgIpc) is 2.55. The zero-order chi connectivity index (χ0) is 18.4. The maximum Gasteiger partial charge on any atom is 0.261 e. The Balaban J connectivity index is 2.06. The summed E-state index contributed by atoms with van der Waals surface area (Å²) >= 11 is 0. The number of carboxylic acid groups (broad SMARTS) is 1. The lowest BCUT2D eigenvalue weighted by Crippen LogP contribution is -2.20. The van der Waals surface area contributed by atoms with Crippen LogP contribution < -0.4 is 15.1 Å². The number of benzene rings is 2. The fraction of sp³-hybridized carbons (Fsp3) is 0.0588. The zero-order valence-electron chi connectivity index (χ0n) is 13.2. The van der Waals surface area contributed by atoms with E-state index in [1.165, 1.54) is 36.4 Å². The molecule has 0 aliphatic carbocycles. The lowest BCUT2D eigenvalue weighted by atomic mass is 10.2. The van der Waals surface area contributed by atoms with E-state index in [2.05, 4.69) is 10.0 Å². The van der Waals surface area contributed by atoms with E-state index in [4.69, 9.17) is 0 Å². The van der Waals surface area contributed by atoms with Gasteiger partial charge in [0.05, 0.1) is 10.9 Å². The van der Waals surface area contributed by atoms with E-state index in [0.717, 1.165) is 11.6 Å². The number of aliphatic carboxylic acids is 1. The summed E-state index contributed by atoms with van der Waals surface area (Å²) in [5, 5.41) is 12.7. The van der Waals surface area contributed by atoms with E-state index in [1.54, 1.807) is 12.1 Å². The third-order valence-corrected chi connectivity index (χ3v) is 4.50. The van der Waals surface area contributed by atoms with Gasteiger partial charge in [0.1, 0.15) is 0 Å². The first-order valence-electron chi connectivity index (χ1n) is 7.16. The second kappa shape index (κ2) is 7.63. The van der Waals surface area contributed by atoms with Crippen LogP contribution in [0.3, 0.4) is 0 Å². The summed E-state index contributed by atoms with van der Waals surface area (Å²) in [6.07, 6.45) is 1.43. The molecule has 0 heterocycles. The lowest BCUT2D eigenvalue weighted by Gasteiger charge is -2.09. The Morgan fingerprint density at radius 2 is 1.48 bits per heavy atom. The van der Waals surface area contributed by atoms with E-state index in [1.807, 2.05) is 6.92 Å². The van der Waals surface area contributed by atoms with Gasteiger partial charge >= 0.3 is 0 Å². The summed E-state index contributed by atoms with van der Waals surface area (Å²) in [6, 6.07) is 12.3. The highest BCUT2D eigenvalue weighted by molar-refractivity contribution is 7.92. The molecule has 0 spiro atoms. The first-order chi connectivity index (χ1) is 11.8. The number of amides is 1. The summed E-state index contributed by atoms with van der Waals surface area (Å²) in [4.78, 5) is 21.8. The average molecular weight is 359 g/mol. The van der Waals surface area contributed by atoms with Crippen LogP contribution in [0.2, 0.25) is 0 Å². The first kappa shape index (κ1) is 18.2. The Hall–Kier alpha value is -3.13. The molecule has 2 N–H and O–H groups in total. The van der Waals surface area contributed by atoms with Gasteiger partial charge in [-0.1, -0.05) is 17.7 Å². The third-order valence-electron chi connectivity index (χ3n) is 3.11. The quantitative estimate of drug-likeness (QED) is 0.748. The van der Waals surface area contributed by atoms with Crippen molar-refractivity contribution in [3.05, 3.63) is 66.2 Å². The molecule has 0 aromatic heterocycles. The van der Waals surface area contributed by atoms with Gasteiger partial charge in [-0.05, 0) is 49.4 Å². The second-order valence-corrected chi connectivity index (χ2v) is 6.82. The van der Waals surface area contributed by atoms with Crippen LogP contribution >= 0.6 is 0 Å². The molecule has 0 atom stereocenters. The number of aryl methyl sites for hydroxylation is 1. The third kappa shape index (κ3) is 5.47. The summed E-state index contributed by atoms with van der Waals surface area (Å²) in [6.45, 7) is 1.86. The van der Waals surface area contributed by atoms with Crippen LogP contribution in [-0.4, -0.2) is 20.3 Å². The number of carbonyl (C=O) groups excluding carboxylic acids is 2. The van der Waals surface area contributed by atoms with Crippen LogP contribution in [0.25, 0.3) is 0 Å². The van der Waals surface area contributed by atoms with Gasteiger partial charge in [0, 0.05) is 17.5 Å². The number of anilines is 2. The predicted octanol–water partition coefficient (Wildman–Crippen LogP) is 1.04. The van der Waals surface area contributed by atoms with Crippen LogP contribution in [0.5, 0.6) is 0 Å². The maximum absolute atomic E-state index is 12.3. The number of hydrogen-bond acceptors (Lipinski definition) is 5. The Morgan fingerprint density at radius 3 is 2.04 bits per heavy atom. The highest BCUT2D eigenvalue weighted by Crippen LogP contribution is 2.18. The SMILES string of the molecule is Cc1ccc(S(=O)(=O)Nc2ccc(NC(=O)C=CC(=O)[O-])cc2)cc1. The molecule has 0 bridgehead atoms. The van der Waals surface area contributed by atoms with Gasteiger partial charge in [0.15, 0.2) is 0 Å². The van der Waals surface area contributed by atoms with Gasteiger partial charge in [0.25, 0.3) is 10.0 Å². The molecule has 8 heteroatoms. The summed E-state index contributed by atoms with van der Waals surface area (Å²) in [5.74, 6) is -2.12. The molecule has 0 aliphatic heterocycles. The smallest absolute Gasteiger partial charge is 0.261 e. The van der Waals surface area contributed by atoms with E-state index < -0.39 is 21.9 Å². The highest BCUT2D eigenvalue weighted by atomic mass is 32.2. The number of nitrogens with one attached hydrogen (secondary N) is 2. The van der Waals surface area contributed by atoms with Crippen molar-refractivity contribution in [2.75, 3.05) is 10.0 Å². The Bertz CT molecular complexity index is 901. The number of sulfonamides is 1. The molecule has 0 saturated heterocycles. The monoisotopic (exact) mass is 359 g/mol. The molecule has 2 aromatic carbocycles. The fourth-order valence-electron chi connectivity index (χ4n) is 1.88. The minimum atomic E-state index is -3.70. The van der Waals surface area contributed by atoms with Crippen molar-refractivity contribution < 1.29 is 23.1 Å². The maximum atomic E-state index is 12.3. The van der Waals surface area contributed by atoms with Crippen LogP contribution in [0.1, 0.15) is 5.56 Å². The number of hydrogen-bond donors (Lipinski definition) is 2. The number of carbonyl (C=O) groups is 2. The van der Waals surface area contributed by atoms with Crippen LogP contribution in [-0.2, 0) is 19.6 Å². The molecule has 7 nitrogen and oxygen atoms in total. The molecule has 130 valence electrons. The minimum absolute atomic E-state index is 0.142. The van der Waals surface area contributed by atoms with Gasteiger partial charge in [-0.15, -0.1) is 0 Å². The minimum Gasteiger partial charge on any atom is -0.545 e. The van der Waals surface area contributed by atoms with Crippen LogP contribution in [0, 0.1) is 6.92 Å². The molecule has 0 unspecified atom stereocenters. The van der Waals surface area contributed by atoms with Crippen molar-refractivity contribution in [2.45, 2.75) is 11.8 Å². The van der Waals surface area contributed by atoms with E-state index >= 15 is 0 Å². The second-order valence-electron chi connectivity index (χ2n) is 5.14. The normalized spacial score (nSPS) is 11.2.